The number of hydrogen-bond donors (Lipinski definition) is 0. The number of hydrogen-bond acceptors (Lipinski definition) is 2. The van der Waals surface area contributed by atoms with Crippen molar-refractivity contribution in [2.75, 3.05) is 38.1 Å². The van der Waals surface area contributed by atoms with Gasteiger partial charge in [-0.25, -0.2) is 0 Å². The molecule has 0 bridgehead atoms. The van der Waals surface area contributed by atoms with Crippen molar-refractivity contribution in [3.63, 3.8) is 0 Å². The minimum Gasteiger partial charge on any atom is -0.370 e. The third-order valence-electron chi connectivity index (χ3n) is 3.27. The van der Waals surface area contributed by atoms with Gasteiger partial charge < -0.3 is 9.80 Å². The van der Waals surface area contributed by atoms with Crippen LogP contribution in [0.25, 0.3) is 0 Å². The van der Waals surface area contributed by atoms with Crippen molar-refractivity contribution in [1.29, 1.82) is 0 Å². The predicted molar refractivity (Wildman–Crippen MR) is 81.1 cm³/mol. The summed E-state index contributed by atoms with van der Waals surface area (Å²) in [6.45, 7) is 4.63. The van der Waals surface area contributed by atoms with E-state index in [4.69, 9.17) is 0 Å². The Bertz CT molecular complexity index is 382. The van der Waals surface area contributed by atoms with Gasteiger partial charge in [0.2, 0.25) is 0 Å². The highest BCUT2D eigenvalue weighted by molar-refractivity contribution is 9.10. The van der Waals surface area contributed by atoms with E-state index in [2.05, 4.69) is 66.9 Å². The first-order valence-electron chi connectivity index (χ1n) is 5.98. The molecule has 0 amide bonds. The SMILES string of the molecule is CN1CCCN(c2ccc(CBr)c(Br)c2)CC1. The Kier molecular flexibility index (Phi) is 4.88. The Morgan fingerprint density at radius 2 is 2.00 bits per heavy atom. The summed E-state index contributed by atoms with van der Waals surface area (Å²) >= 11 is 7.14. The molecule has 17 heavy (non-hydrogen) atoms. The summed E-state index contributed by atoms with van der Waals surface area (Å²) in [4.78, 5) is 4.88. The molecule has 1 saturated heterocycles. The zero-order valence-electron chi connectivity index (χ0n) is 10.1. The second kappa shape index (κ2) is 6.21. The molecular weight excluding hydrogens is 344 g/mol. The van der Waals surface area contributed by atoms with Crippen LogP contribution >= 0.6 is 31.9 Å². The van der Waals surface area contributed by atoms with Gasteiger partial charge in [-0.3, -0.25) is 0 Å². The van der Waals surface area contributed by atoms with Crippen LogP contribution in [0.4, 0.5) is 5.69 Å². The van der Waals surface area contributed by atoms with Crippen molar-refractivity contribution in [2.24, 2.45) is 0 Å². The maximum Gasteiger partial charge on any atom is 0.0378 e. The van der Waals surface area contributed by atoms with Crippen LogP contribution in [0.3, 0.4) is 0 Å². The molecule has 1 aromatic rings. The Balaban J connectivity index is 2.13. The Labute approximate surface area is 120 Å². The zero-order chi connectivity index (χ0) is 12.3. The van der Waals surface area contributed by atoms with Crippen molar-refractivity contribution < 1.29 is 0 Å². The van der Waals surface area contributed by atoms with Crippen LogP contribution in [0.15, 0.2) is 22.7 Å². The first-order chi connectivity index (χ1) is 8.20. The zero-order valence-corrected chi connectivity index (χ0v) is 13.3. The van der Waals surface area contributed by atoms with E-state index in [-0.39, 0.29) is 0 Å². The molecule has 0 atom stereocenters. The summed E-state index contributed by atoms with van der Waals surface area (Å²) < 4.78 is 1.20. The maximum absolute atomic E-state index is 3.64. The molecule has 0 unspecified atom stereocenters. The van der Waals surface area contributed by atoms with Gasteiger partial charge in [-0.05, 0) is 37.7 Å². The lowest BCUT2D eigenvalue weighted by Gasteiger charge is -2.23. The van der Waals surface area contributed by atoms with E-state index >= 15 is 0 Å². The summed E-state index contributed by atoms with van der Waals surface area (Å²) in [7, 11) is 2.20. The van der Waals surface area contributed by atoms with Crippen molar-refractivity contribution in [3.8, 4) is 0 Å². The first-order valence-corrected chi connectivity index (χ1v) is 7.90. The normalized spacial score (nSPS) is 18.2. The highest BCUT2D eigenvalue weighted by atomic mass is 79.9. The molecule has 0 saturated carbocycles. The highest BCUT2D eigenvalue weighted by Crippen LogP contribution is 2.26. The van der Waals surface area contributed by atoms with E-state index in [0.29, 0.717) is 0 Å². The molecule has 2 nitrogen and oxygen atoms in total. The molecule has 0 aliphatic carbocycles. The molecule has 4 heteroatoms. The van der Waals surface area contributed by atoms with E-state index < -0.39 is 0 Å². The van der Waals surface area contributed by atoms with Gasteiger partial charge in [-0.1, -0.05) is 37.9 Å². The molecule has 2 rings (SSSR count). The van der Waals surface area contributed by atoms with Gasteiger partial charge in [0, 0.05) is 35.1 Å². The van der Waals surface area contributed by atoms with Gasteiger partial charge in [0.15, 0.2) is 0 Å². The average Bonchev–Trinajstić information content (AvgIpc) is 2.54. The van der Waals surface area contributed by atoms with Gasteiger partial charge in [0.05, 0.1) is 0 Å². The van der Waals surface area contributed by atoms with Gasteiger partial charge in [-0.2, -0.15) is 0 Å². The largest absolute Gasteiger partial charge is 0.370 e. The first kappa shape index (κ1) is 13.4. The molecule has 0 radical (unpaired) electrons. The van der Waals surface area contributed by atoms with E-state index in [1.165, 1.54) is 28.7 Å². The second-order valence-electron chi connectivity index (χ2n) is 4.55. The third kappa shape index (κ3) is 3.46. The van der Waals surface area contributed by atoms with Crippen LogP contribution < -0.4 is 4.90 Å². The number of alkyl halides is 1. The highest BCUT2D eigenvalue weighted by Gasteiger charge is 2.13. The fourth-order valence-corrected chi connectivity index (χ4v) is 3.52. The van der Waals surface area contributed by atoms with Crippen molar-refractivity contribution in [2.45, 2.75) is 11.8 Å². The molecule has 1 fully saturated rings. The number of anilines is 1. The lowest BCUT2D eigenvalue weighted by atomic mass is 10.2. The topological polar surface area (TPSA) is 6.48 Å². The molecule has 1 heterocycles. The smallest absolute Gasteiger partial charge is 0.0378 e. The summed E-state index contributed by atoms with van der Waals surface area (Å²) in [6.07, 6.45) is 1.24. The van der Waals surface area contributed by atoms with Crippen LogP contribution in [0, 0.1) is 0 Å². The van der Waals surface area contributed by atoms with E-state index in [9.17, 15) is 0 Å². The Hall–Kier alpha value is -0.0600. The molecule has 0 N–H and O–H groups in total. The molecule has 1 aliphatic rings. The minimum absolute atomic E-state index is 0.899. The molecule has 94 valence electrons. The third-order valence-corrected chi connectivity index (χ3v) is 4.61. The van der Waals surface area contributed by atoms with E-state index in [1.807, 2.05) is 0 Å². The van der Waals surface area contributed by atoms with Crippen molar-refractivity contribution >= 4 is 37.5 Å². The van der Waals surface area contributed by atoms with Gasteiger partial charge in [0.1, 0.15) is 0 Å². The number of halogens is 2. The van der Waals surface area contributed by atoms with Crippen LogP contribution in [0.2, 0.25) is 0 Å². The number of rotatable bonds is 2. The predicted octanol–water partition coefficient (Wildman–Crippen LogP) is 3.49. The van der Waals surface area contributed by atoms with Crippen molar-refractivity contribution in [1.82, 2.24) is 4.90 Å². The number of benzene rings is 1. The monoisotopic (exact) mass is 360 g/mol. The lowest BCUT2D eigenvalue weighted by Crippen LogP contribution is -2.28. The quantitative estimate of drug-likeness (QED) is 0.744. The standard InChI is InChI=1S/C13H18Br2N2/c1-16-5-2-6-17(8-7-16)12-4-3-11(10-14)13(15)9-12/h3-4,9H,2,5-8,10H2,1H3. The van der Waals surface area contributed by atoms with Gasteiger partial charge in [-0.15, -0.1) is 0 Å². The average molecular weight is 362 g/mol. The fraction of sp³-hybridized carbons (Fsp3) is 0.538. The summed E-state index contributed by atoms with van der Waals surface area (Å²) in [6, 6.07) is 6.66. The number of nitrogens with zero attached hydrogens (tertiary/aromatic N) is 2. The lowest BCUT2D eigenvalue weighted by molar-refractivity contribution is 0.360. The summed E-state index contributed by atoms with van der Waals surface area (Å²) in [5, 5.41) is 0.899. The Morgan fingerprint density at radius 1 is 1.18 bits per heavy atom. The van der Waals surface area contributed by atoms with Crippen LogP contribution in [0.1, 0.15) is 12.0 Å². The minimum atomic E-state index is 0.899. The number of likely N-dealkylation sites (N-methyl/N-ethyl adjacent to an activating group) is 1. The van der Waals surface area contributed by atoms with Crippen LogP contribution in [0.5, 0.6) is 0 Å². The molecule has 1 aromatic carbocycles. The van der Waals surface area contributed by atoms with Gasteiger partial charge >= 0.3 is 0 Å². The van der Waals surface area contributed by atoms with E-state index in [1.54, 1.807) is 0 Å². The second-order valence-corrected chi connectivity index (χ2v) is 5.97. The molecule has 0 aromatic heterocycles. The molecule has 0 spiro atoms. The van der Waals surface area contributed by atoms with Crippen molar-refractivity contribution in [3.05, 3.63) is 28.2 Å². The maximum atomic E-state index is 3.64. The summed E-state index contributed by atoms with van der Waals surface area (Å²) in [5.41, 5.74) is 2.64. The Morgan fingerprint density at radius 3 is 2.71 bits per heavy atom. The summed E-state index contributed by atoms with van der Waals surface area (Å²) in [5.74, 6) is 0. The molecular formula is C13H18Br2N2. The van der Waals surface area contributed by atoms with E-state index in [0.717, 1.165) is 25.0 Å². The van der Waals surface area contributed by atoms with Gasteiger partial charge in [0.25, 0.3) is 0 Å². The van der Waals surface area contributed by atoms with Crippen LogP contribution in [-0.4, -0.2) is 38.1 Å². The molecule has 1 aliphatic heterocycles. The fourth-order valence-electron chi connectivity index (χ4n) is 2.15. The van der Waals surface area contributed by atoms with Crippen LogP contribution in [-0.2, 0) is 5.33 Å².